The zero-order valence-electron chi connectivity index (χ0n) is 11.4. The number of hydrogen-bond acceptors (Lipinski definition) is 4. The van der Waals surface area contributed by atoms with E-state index in [1.807, 2.05) is 24.3 Å². The lowest BCUT2D eigenvalue weighted by atomic mass is 10.1. The second-order valence-electron chi connectivity index (χ2n) is 4.66. The zero-order chi connectivity index (χ0) is 14.2. The topological polar surface area (TPSA) is 73.6 Å². The molecule has 2 rings (SSSR count). The molecular weight excluding hydrogens is 256 g/mol. The fraction of sp³-hybridized carbons (Fsp3) is 0.400. The smallest absolute Gasteiger partial charge is 0.267 e. The van der Waals surface area contributed by atoms with Gasteiger partial charge in [-0.3, -0.25) is 4.79 Å². The predicted molar refractivity (Wildman–Crippen MR) is 76.2 cm³/mol. The van der Waals surface area contributed by atoms with Crippen molar-refractivity contribution in [3.05, 3.63) is 41.5 Å². The number of rotatable bonds is 5. The summed E-state index contributed by atoms with van der Waals surface area (Å²) in [5, 5.41) is 0. The van der Waals surface area contributed by atoms with Gasteiger partial charge in [-0.15, -0.1) is 0 Å². The van der Waals surface area contributed by atoms with Crippen LogP contribution in [0.3, 0.4) is 0 Å². The second-order valence-corrected chi connectivity index (χ2v) is 4.66. The molecule has 1 fully saturated rings. The average Bonchev–Trinajstić information content (AvgIpc) is 2.52. The third-order valence-electron chi connectivity index (χ3n) is 3.07. The summed E-state index contributed by atoms with van der Waals surface area (Å²) >= 11 is 0. The van der Waals surface area contributed by atoms with Crippen molar-refractivity contribution in [2.75, 3.05) is 6.61 Å². The first-order chi connectivity index (χ1) is 9.78. The predicted octanol–water partition coefficient (Wildman–Crippen LogP) is 1.73. The average molecular weight is 276 g/mol. The minimum Gasteiger partial charge on any atom is -0.350 e. The molecule has 1 unspecified atom stereocenters. The minimum atomic E-state index is -0.329. The third kappa shape index (κ3) is 4.77. The Labute approximate surface area is 118 Å². The van der Waals surface area contributed by atoms with Crippen LogP contribution in [0.15, 0.2) is 30.3 Å². The molecule has 0 aliphatic carbocycles. The van der Waals surface area contributed by atoms with E-state index < -0.39 is 0 Å². The minimum absolute atomic E-state index is 0.304. The van der Waals surface area contributed by atoms with Crippen molar-refractivity contribution < 1.29 is 14.4 Å². The summed E-state index contributed by atoms with van der Waals surface area (Å²) in [6.07, 6.45) is 5.74. The number of benzene rings is 1. The lowest BCUT2D eigenvalue weighted by Crippen LogP contribution is -2.32. The first kappa shape index (κ1) is 14.7. The molecule has 1 aliphatic rings. The van der Waals surface area contributed by atoms with Crippen LogP contribution < -0.4 is 11.2 Å². The Kier molecular flexibility index (Phi) is 5.73. The molecule has 0 spiro atoms. The molecule has 0 bridgehead atoms. The van der Waals surface area contributed by atoms with Gasteiger partial charge in [0.05, 0.1) is 0 Å². The van der Waals surface area contributed by atoms with Crippen LogP contribution in [-0.2, 0) is 20.9 Å². The highest BCUT2D eigenvalue weighted by atomic mass is 16.8. The number of amides is 1. The van der Waals surface area contributed by atoms with Gasteiger partial charge in [-0.1, -0.05) is 24.3 Å². The first-order valence-electron chi connectivity index (χ1n) is 6.82. The third-order valence-corrected chi connectivity index (χ3v) is 3.07. The SMILES string of the molecule is NCc1ccc(/C=C/C(=O)NOC2CCCCO2)cc1. The maximum absolute atomic E-state index is 11.6. The molecule has 3 N–H and O–H groups in total. The molecule has 5 nitrogen and oxygen atoms in total. The van der Waals surface area contributed by atoms with Crippen molar-refractivity contribution in [3.63, 3.8) is 0 Å². The van der Waals surface area contributed by atoms with Gasteiger partial charge >= 0.3 is 0 Å². The van der Waals surface area contributed by atoms with Crippen molar-refractivity contribution in [1.82, 2.24) is 5.48 Å². The van der Waals surface area contributed by atoms with Crippen molar-refractivity contribution in [2.24, 2.45) is 5.73 Å². The fourth-order valence-corrected chi connectivity index (χ4v) is 1.90. The number of nitrogens with two attached hydrogens (primary N) is 1. The lowest BCUT2D eigenvalue weighted by molar-refractivity contribution is -0.198. The summed E-state index contributed by atoms with van der Waals surface area (Å²) in [7, 11) is 0. The van der Waals surface area contributed by atoms with Gasteiger partial charge in [-0.05, 0) is 30.0 Å². The van der Waals surface area contributed by atoms with Crippen LogP contribution in [0.2, 0.25) is 0 Å². The molecule has 5 heteroatoms. The highest BCUT2D eigenvalue weighted by molar-refractivity contribution is 5.90. The summed E-state index contributed by atoms with van der Waals surface area (Å²) in [6, 6.07) is 7.70. The van der Waals surface area contributed by atoms with Gasteiger partial charge < -0.3 is 10.5 Å². The molecule has 0 saturated carbocycles. The maximum atomic E-state index is 11.6. The van der Waals surface area contributed by atoms with Crippen molar-refractivity contribution in [2.45, 2.75) is 32.1 Å². The summed E-state index contributed by atoms with van der Waals surface area (Å²) in [5.41, 5.74) is 9.89. The van der Waals surface area contributed by atoms with E-state index >= 15 is 0 Å². The Morgan fingerprint density at radius 3 is 2.85 bits per heavy atom. The van der Waals surface area contributed by atoms with E-state index in [-0.39, 0.29) is 12.2 Å². The van der Waals surface area contributed by atoms with E-state index in [0.29, 0.717) is 13.2 Å². The molecule has 1 atom stereocenters. The maximum Gasteiger partial charge on any atom is 0.267 e. The lowest BCUT2D eigenvalue weighted by Gasteiger charge is -2.21. The molecule has 0 radical (unpaired) electrons. The molecule has 0 aromatic heterocycles. The fourth-order valence-electron chi connectivity index (χ4n) is 1.90. The molecule has 1 saturated heterocycles. The Morgan fingerprint density at radius 1 is 1.40 bits per heavy atom. The molecule has 1 aromatic rings. The van der Waals surface area contributed by atoms with E-state index in [9.17, 15) is 4.79 Å². The Hall–Kier alpha value is -1.69. The Bertz CT molecular complexity index is 451. The van der Waals surface area contributed by atoms with Crippen LogP contribution in [0.1, 0.15) is 30.4 Å². The number of hydrogen-bond donors (Lipinski definition) is 2. The summed E-state index contributed by atoms with van der Waals surface area (Å²) in [6.45, 7) is 1.20. The molecule has 1 heterocycles. The van der Waals surface area contributed by atoms with Gasteiger partial charge in [0.15, 0.2) is 6.29 Å². The number of carbonyl (C=O) groups is 1. The quantitative estimate of drug-likeness (QED) is 0.634. The molecule has 1 amide bonds. The molecular formula is C15H20N2O3. The normalized spacial score (nSPS) is 19.1. The molecule has 20 heavy (non-hydrogen) atoms. The van der Waals surface area contributed by atoms with Crippen molar-refractivity contribution >= 4 is 12.0 Å². The monoisotopic (exact) mass is 276 g/mol. The van der Waals surface area contributed by atoms with Crippen LogP contribution in [0.25, 0.3) is 6.08 Å². The number of carbonyl (C=O) groups excluding carboxylic acids is 1. The van der Waals surface area contributed by atoms with Crippen LogP contribution >= 0.6 is 0 Å². The van der Waals surface area contributed by atoms with Gasteiger partial charge in [0.25, 0.3) is 5.91 Å². The van der Waals surface area contributed by atoms with E-state index in [1.54, 1.807) is 6.08 Å². The van der Waals surface area contributed by atoms with E-state index in [1.165, 1.54) is 6.08 Å². The van der Waals surface area contributed by atoms with E-state index in [4.69, 9.17) is 15.3 Å². The number of hydroxylamine groups is 1. The molecule has 1 aliphatic heterocycles. The highest BCUT2D eigenvalue weighted by Crippen LogP contribution is 2.12. The van der Waals surface area contributed by atoms with Crippen LogP contribution in [0, 0.1) is 0 Å². The first-order valence-corrected chi connectivity index (χ1v) is 6.82. The van der Waals surface area contributed by atoms with Gasteiger partial charge in [0.1, 0.15) is 0 Å². The zero-order valence-corrected chi connectivity index (χ0v) is 11.4. The Balaban J connectivity index is 1.76. The molecule has 108 valence electrons. The van der Waals surface area contributed by atoms with Crippen LogP contribution in [0.5, 0.6) is 0 Å². The second kappa shape index (κ2) is 7.79. The summed E-state index contributed by atoms with van der Waals surface area (Å²) < 4.78 is 5.34. The van der Waals surface area contributed by atoms with Crippen molar-refractivity contribution in [3.8, 4) is 0 Å². The van der Waals surface area contributed by atoms with E-state index in [0.717, 1.165) is 30.4 Å². The highest BCUT2D eigenvalue weighted by Gasteiger charge is 2.14. The summed E-state index contributed by atoms with van der Waals surface area (Å²) in [4.78, 5) is 16.8. The Morgan fingerprint density at radius 2 is 2.20 bits per heavy atom. The van der Waals surface area contributed by atoms with Crippen LogP contribution in [-0.4, -0.2) is 18.8 Å². The van der Waals surface area contributed by atoms with Gasteiger partial charge in [-0.2, -0.15) is 0 Å². The van der Waals surface area contributed by atoms with Crippen molar-refractivity contribution in [1.29, 1.82) is 0 Å². The van der Waals surface area contributed by atoms with Gasteiger partial charge in [0, 0.05) is 25.6 Å². The van der Waals surface area contributed by atoms with Gasteiger partial charge in [0.2, 0.25) is 0 Å². The largest absolute Gasteiger partial charge is 0.350 e. The van der Waals surface area contributed by atoms with Crippen LogP contribution in [0.4, 0.5) is 0 Å². The summed E-state index contributed by atoms with van der Waals surface area (Å²) in [5.74, 6) is -0.304. The van der Waals surface area contributed by atoms with E-state index in [2.05, 4.69) is 5.48 Å². The van der Waals surface area contributed by atoms with Gasteiger partial charge in [-0.25, -0.2) is 10.3 Å². The number of ether oxygens (including phenoxy) is 1. The standard InChI is InChI=1S/C15H20N2O3/c16-11-13-6-4-12(5-7-13)8-9-14(18)17-20-15-3-1-2-10-19-15/h4-9,15H,1-3,10-11,16H2,(H,17,18)/b9-8+. The number of nitrogens with one attached hydrogen (secondary N) is 1. The molecule has 1 aromatic carbocycles.